The summed E-state index contributed by atoms with van der Waals surface area (Å²) in [5.41, 5.74) is 0. The highest BCUT2D eigenvalue weighted by Gasteiger charge is 2.19. The van der Waals surface area contributed by atoms with Gasteiger partial charge in [-0.25, -0.2) is 13.1 Å². The summed E-state index contributed by atoms with van der Waals surface area (Å²) in [4.78, 5) is 0. The first-order valence-electron chi connectivity index (χ1n) is 6.75. The fourth-order valence-corrected chi connectivity index (χ4v) is 3.94. The van der Waals surface area contributed by atoms with Gasteiger partial charge in [0.2, 0.25) is 10.0 Å². The molecule has 1 unspecified atom stereocenters. The second-order valence-electron chi connectivity index (χ2n) is 5.02. The van der Waals surface area contributed by atoms with E-state index in [2.05, 4.69) is 23.9 Å². The third kappa shape index (κ3) is 5.84. The highest BCUT2D eigenvalue weighted by molar-refractivity contribution is 7.89. The summed E-state index contributed by atoms with van der Waals surface area (Å²) in [6.07, 6.45) is 4.14. The average molecular weight is 262 g/mol. The predicted octanol–water partition coefficient (Wildman–Crippen LogP) is 1.34. The molecule has 1 aliphatic heterocycles. The topological polar surface area (TPSA) is 58.2 Å². The highest BCUT2D eigenvalue weighted by Crippen LogP contribution is 2.12. The molecule has 0 aromatic carbocycles. The van der Waals surface area contributed by atoms with Crippen molar-refractivity contribution in [3.8, 4) is 0 Å². The molecule has 0 amide bonds. The van der Waals surface area contributed by atoms with E-state index in [9.17, 15) is 8.42 Å². The van der Waals surface area contributed by atoms with E-state index in [1.54, 1.807) is 0 Å². The lowest BCUT2D eigenvalue weighted by Crippen LogP contribution is -2.39. The van der Waals surface area contributed by atoms with E-state index in [0.717, 1.165) is 38.8 Å². The Balaban J connectivity index is 2.32. The van der Waals surface area contributed by atoms with E-state index in [-0.39, 0.29) is 11.7 Å². The molecule has 4 nitrogen and oxygen atoms in total. The molecule has 0 radical (unpaired) electrons. The monoisotopic (exact) mass is 262 g/mol. The zero-order chi connectivity index (χ0) is 12.7. The SMILES string of the molecule is CCC(CC)CS(=O)(=O)NCC1CCCNC1. The van der Waals surface area contributed by atoms with Crippen LogP contribution in [0.1, 0.15) is 39.5 Å². The van der Waals surface area contributed by atoms with Crippen LogP contribution in [0.2, 0.25) is 0 Å². The predicted molar refractivity (Wildman–Crippen MR) is 71.5 cm³/mol. The van der Waals surface area contributed by atoms with Crippen molar-refractivity contribution in [1.82, 2.24) is 10.0 Å². The molecule has 0 spiro atoms. The quantitative estimate of drug-likeness (QED) is 0.728. The third-order valence-electron chi connectivity index (χ3n) is 3.60. The Bertz CT molecular complexity index is 294. The third-order valence-corrected chi connectivity index (χ3v) is 5.12. The Morgan fingerprint density at radius 3 is 2.59 bits per heavy atom. The first-order valence-corrected chi connectivity index (χ1v) is 8.40. The summed E-state index contributed by atoms with van der Waals surface area (Å²) in [7, 11) is -3.08. The van der Waals surface area contributed by atoms with Crippen LogP contribution in [0.5, 0.6) is 0 Å². The molecular formula is C12H26N2O2S. The number of rotatable bonds is 7. The van der Waals surface area contributed by atoms with Crippen molar-refractivity contribution >= 4 is 10.0 Å². The van der Waals surface area contributed by atoms with E-state index in [1.807, 2.05) is 0 Å². The number of sulfonamides is 1. The second-order valence-corrected chi connectivity index (χ2v) is 6.88. The maximum absolute atomic E-state index is 11.9. The number of hydrogen-bond donors (Lipinski definition) is 2. The van der Waals surface area contributed by atoms with Crippen LogP contribution in [0.3, 0.4) is 0 Å². The minimum absolute atomic E-state index is 0.278. The molecule has 1 fully saturated rings. The van der Waals surface area contributed by atoms with Gasteiger partial charge in [0, 0.05) is 6.54 Å². The van der Waals surface area contributed by atoms with Gasteiger partial charge in [-0.1, -0.05) is 26.7 Å². The van der Waals surface area contributed by atoms with E-state index in [1.165, 1.54) is 0 Å². The Hall–Kier alpha value is -0.130. The van der Waals surface area contributed by atoms with Gasteiger partial charge < -0.3 is 5.32 Å². The van der Waals surface area contributed by atoms with Gasteiger partial charge in [-0.2, -0.15) is 0 Å². The van der Waals surface area contributed by atoms with Gasteiger partial charge in [-0.15, -0.1) is 0 Å². The Labute approximate surface area is 106 Å². The molecular weight excluding hydrogens is 236 g/mol. The van der Waals surface area contributed by atoms with Gasteiger partial charge in [-0.05, 0) is 37.8 Å². The molecule has 0 aromatic heterocycles. The van der Waals surface area contributed by atoms with Crippen molar-refractivity contribution in [2.45, 2.75) is 39.5 Å². The minimum atomic E-state index is -3.08. The molecule has 0 bridgehead atoms. The van der Waals surface area contributed by atoms with Crippen molar-refractivity contribution < 1.29 is 8.42 Å². The lowest BCUT2D eigenvalue weighted by molar-refractivity contribution is 0.375. The van der Waals surface area contributed by atoms with Crippen LogP contribution in [-0.4, -0.2) is 33.8 Å². The first-order chi connectivity index (χ1) is 8.07. The molecule has 1 rings (SSSR count). The van der Waals surface area contributed by atoms with Gasteiger partial charge >= 0.3 is 0 Å². The lowest BCUT2D eigenvalue weighted by atomic mass is 10.0. The molecule has 1 saturated heterocycles. The average Bonchev–Trinajstić information content (AvgIpc) is 2.35. The van der Waals surface area contributed by atoms with Gasteiger partial charge in [-0.3, -0.25) is 0 Å². The van der Waals surface area contributed by atoms with Crippen LogP contribution in [0.25, 0.3) is 0 Å². The summed E-state index contributed by atoms with van der Waals surface area (Å²) in [6.45, 7) is 6.70. The van der Waals surface area contributed by atoms with E-state index in [0.29, 0.717) is 12.5 Å². The second kappa shape index (κ2) is 7.34. The van der Waals surface area contributed by atoms with E-state index < -0.39 is 10.0 Å². The summed E-state index contributed by atoms with van der Waals surface area (Å²) in [5, 5.41) is 3.30. The van der Waals surface area contributed by atoms with Gasteiger partial charge in [0.1, 0.15) is 0 Å². The highest BCUT2D eigenvalue weighted by atomic mass is 32.2. The number of hydrogen-bond acceptors (Lipinski definition) is 3. The van der Waals surface area contributed by atoms with Crippen molar-refractivity contribution in [3.63, 3.8) is 0 Å². The Morgan fingerprint density at radius 1 is 1.35 bits per heavy atom. The van der Waals surface area contributed by atoms with E-state index in [4.69, 9.17) is 0 Å². The summed E-state index contributed by atoms with van der Waals surface area (Å²) in [5.74, 6) is 1.03. The van der Waals surface area contributed by atoms with Crippen LogP contribution in [0.15, 0.2) is 0 Å². The molecule has 1 atom stereocenters. The molecule has 17 heavy (non-hydrogen) atoms. The summed E-state index contributed by atoms with van der Waals surface area (Å²) in [6, 6.07) is 0. The van der Waals surface area contributed by atoms with Crippen LogP contribution in [-0.2, 0) is 10.0 Å². The first kappa shape index (κ1) is 14.9. The van der Waals surface area contributed by atoms with E-state index >= 15 is 0 Å². The van der Waals surface area contributed by atoms with Crippen LogP contribution >= 0.6 is 0 Å². The summed E-state index contributed by atoms with van der Waals surface area (Å²) < 4.78 is 26.5. The zero-order valence-electron chi connectivity index (χ0n) is 11.0. The fourth-order valence-electron chi connectivity index (χ4n) is 2.24. The minimum Gasteiger partial charge on any atom is -0.316 e. The Morgan fingerprint density at radius 2 is 2.06 bits per heavy atom. The molecule has 5 heteroatoms. The largest absolute Gasteiger partial charge is 0.316 e. The van der Waals surface area contributed by atoms with Gasteiger partial charge in [0.05, 0.1) is 5.75 Å². The molecule has 1 aliphatic rings. The molecule has 2 N–H and O–H groups in total. The maximum Gasteiger partial charge on any atom is 0.211 e. The number of piperidine rings is 1. The normalized spacial score (nSPS) is 21.9. The van der Waals surface area contributed by atoms with Crippen LogP contribution in [0.4, 0.5) is 0 Å². The molecule has 0 aromatic rings. The zero-order valence-corrected chi connectivity index (χ0v) is 11.9. The number of nitrogens with one attached hydrogen (secondary N) is 2. The fraction of sp³-hybridized carbons (Fsp3) is 1.00. The van der Waals surface area contributed by atoms with Gasteiger partial charge in [0.15, 0.2) is 0 Å². The van der Waals surface area contributed by atoms with Crippen LogP contribution < -0.4 is 10.0 Å². The molecule has 1 heterocycles. The molecule has 102 valence electrons. The molecule has 0 saturated carbocycles. The maximum atomic E-state index is 11.9. The van der Waals surface area contributed by atoms with Crippen molar-refractivity contribution in [1.29, 1.82) is 0 Å². The molecule has 0 aliphatic carbocycles. The summed E-state index contributed by atoms with van der Waals surface area (Å²) >= 11 is 0. The van der Waals surface area contributed by atoms with Crippen molar-refractivity contribution in [3.05, 3.63) is 0 Å². The van der Waals surface area contributed by atoms with Gasteiger partial charge in [0.25, 0.3) is 0 Å². The van der Waals surface area contributed by atoms with Crippen LogP contribution in [0, 0.1) is 11.8 Å². The van der Waals surface area contributed by atoms with Crippen molar-refractivity contribution in [2.24, 2.45) is 11.8 Å². The smallest absolute Gasteiger partial charge is 0.211 e. The standard InChI is InChI=1S/C12H26N2O2S/c1-3-11(4-2)10-17(15,16)14-9-12-6-5-7-13-8-12/h11-14H,3-10H2,1-2H3. The van der Waals surface area contributed by atoms with Crippen molar-refractivity contribution in [2.75, 3.05) is 25.4 Å². The lowest BCUT2D eigenvalue weighted by Gasteiger charge is -2.23. The Kier molecular flexibility index (Phi) is 6.44.